The maximum absolute atomic E-state index is 13.1. The summed E-state index contributed by atoms with van der Waals surface area (Å²) < 4.78 is 5.31. The van der Waals surface area contributed by atoms with E-state index in [9.17, 15) is 9.90 Å². The van der Waals surface area contributed by atoms with E-state index >= 15 is 0 Å². The molecule has 0 aliphatic heterocycles. The second kappa shape index (κ2) is 7.59. The molecule has 192 valence electrons. The molecule has 0 heterocycles. The molecule has 4 fully saturated rings. The molecule has 0 aromatic heterocycles. The molecule has 4 saturated carbocycles. The summed E-state index contributed by atoms with van der Waals surface area (Å²) in [4.78, 5) is 13.1. The monoisotopic (exact) mass is 470 g/mol. The Balaban J connectivity index is 1.59. The molecule has 0 amide bonds. The van der Waals surface area contributed by atoms with Crippen LogP contribution in [0.25, 0.3) is 0 Å². The molecular formula is C31H50O3. The molecule has 0 bridgehead atoms. The van der Waals surface area contributed by atoms with Gasteiger partial charge in [0.05, 0.1) is 18.6 Å². The molecule has 3 heteroatoms. The molecule has 0 unspecified atom stereocenters. The van der Waals surface area contributed by atoms with Gasteiger partial charge in [-0.3, -0.25) is 4.79 Å². The Hall–Kier alpha value is -0.830. The zero-order valence-corrected chi connectivity index (χ0v) is 23.2. The fourth-order valence-corrected chi connectivity index (χ4v) is 11.0. The van der Waals surface area contributed by atoms with Crippen LogP contribution in [0.2, 0.25) is 0 Å². The third-order valence-electron chi connectivity index (χ3n) is 13.7. The van der Waals surface area contributed by atoms with Gasteiger partial charge in [0.2, 0.25) is 0 Å². The first kappa shape index (κ1) is 24.8. The van der Waals surface area contributed by atoms with Crippen LogP contribution in [0.5, 0.6) is 0 Å². The average molecular weight is 471 g/mol. The Kier molecular flexibility index (Phi) is 5.55. The number of esters is 1. The second-order valence-electron chi connectivity index (χ2n) is 14.6. The van der Waals surface area contributed by atoms with Crippen molar-refractivity contribution in [1.29, 1.82) is 0 Å². The van der Waals surface area contributed by atoms with Crippen LogP contribution in [0.3, 0.4) is 0 Å². The summed E-state index contributed by atoms with van der Waals surface area (Å²) >= 11 is 0. The van der Waals surface area contributed by atoms with Crippen LogP contribution in [-0.4, -0.2) is 24.3 Å². The van der Waals surface area contributed by atoms with Crippen molar-refractivity contribution >= 4 is 5.97 Å². The van der Waals surface area contributed by atoms with Crippen molar-refractivity contribution in [1.82, 2.24) is 0 Å². The van der Waals surface area contributed by atoms with Gasteiger partial charge in [-0.05, 0) is 116 Å². The van der Waals surface area contributed by atoms with Crippen molar-refractivity contribution in [3.63, 3.8) is 0 Å². The van der Waals surface area contributed by atoms with Gasteiger partial charge < -0.3 is 9.84 Å². The van der Waals surface area contributed by atoms with Crippen molar-refractivity contribution in [3.8, 4) is 0 Å². The summed E-state index contributed by atoms with van der Waals surface area (Å²) in [5, 5.41) is 11.1. The van der Waals surface area contributed by atoms with Gasteiger partial charge in [0.25, 0.3) is 0 Å². The molecule has 0 aromatic carbocycles. The van der Waals surface area contributed by atoms with E-state index in [2.05, 4.69) is 47.6 Å². The van der Waals surface area contributed by atoms with Crippen molar-refractivity contribution < 1.29 is 14.6 Å². The normalized spacial score (nSPS) is 56.8. The van der Waals surface area contributed by atoms with Gasteiger partial charge in [0.15, 0.2) is 0 Å². The van der Waals surface area contributed by atoms with Gasteiger partial charge in [-0.15, -0.1) is 0 Å². The summed E-state index contributed by atoms with van der Waals surface area (Å²) in [6, 6.07) is 0. The first-order valence-electron chi connectivity index (χ1n) is 14.3. The van der Waals surface area contributed by atoms with E-state index in [1.807, 2.05) is 6.92 Å². The Morgan fingerprint density at radius 3 is 2.32 bits per heavy atom. The second-order valence-corrected chi connectivity index (χ2v) is 14.6. The average Bonchev–Trinajstić information content (AvgIpc) is 2.79. The fourth-order valence-electron chi connectivity index (χ4n) is 11.0. The molecule has 0 radical (unpaired) electrons. The van der Waals surface area contributed by atoms with Gasteiger partial charge in [-0.1, -0.05) is 53.2 Å². The fraction of sp³-hybridized carbons (Fsp3) is 0.903. The number of fused-ring (bicyclic) bond motifs is 7. The predicted molar refractivity (Wildman–Crippen MR) is 137 cm³/mol. The maximum Gasteiger partial charge on any atom is 0.314 e. The Morgan fingerprint density at radius 2 is 1.65 bits per heavy atom. The van der Waals surface area contributed by atoms with Crippen LogP contribution in [0, 0.1) is 56.7 Å². The lowest BCUT2D eigenvalue weighted by Crippen LogP contribution is -2.66. The number of aliphatic hydroxyl groups excluding tert-OH is 1. The van der Waals surface area contributed by atoms with Crippen LogP contribution in [0.1, 0.15) is 106 Å². The zero-order valence-electron chi connectivity index (χ0n) is 23.2. The van der Waals surface area contributed by atoms with Crippen LogP contribution in [0.15, 0.2) is 11.6 Å². The maximum atomic E-state index is 13.1. The lowest BCUT2D eigenvalue weighted by molar-refractivity contribution is -0.218. The van der Waals surface area contributed by atoms with E-state index in [1.165, 1.54) is 32.8 Å². The molecule has 5 aliphatic rings. The summed E-state index contributed by atoms with van der Waals surface area (Å²) in [7, 11) is 1.49. The van der Waals surface area contributed by atoms with Crippen molar-refractivity contribution in [2.75, 3.05) is 7.11 Å². The van der Waals surface area contributed by atoms with Gasteiger partial charge >= 0.3 is 5.97 Å². The van der Waals surface area contributed by atoms with Crippen LogP contribution < -0.4 is 0 Å². The Bertz CT molecular complexity index is 893. The van der Waals surface area contributed by atoms with E-state index in [0.717, 1.165) is 37.5 Å². The number of methoxy groups -OCH3 is 1. The van der Waals surface area contributed by atoms with Crippen LogP contribution in [-0.2, 0) is 9.53 Å². The van der Waals surface area contributed by atoms with Crippen LogP contribution >= 0.6 is 0 Å². The number of aliphatic hydroxyl groups is 1. The number of hydrogen-bond donors (Lipinski definition) is 1. The molecule has 1 N–H and O–H groups in total. The van der Waals surface area contributed by atoms with Crippen molar-refractivity contribution in [2.45, 2.75) is 112 Å². The highest BCUT2D eigenvalue weighted by molar-refractivity contribution is 5.78. The molecule has 0 saturated heterocycles. The Labute approximate surface area is 208 Å². The van der Waals surface area contributed by atoms with Gasteiger partial charge in [-0.2, -0.15) is 0 Å². The first-order valence-corrected chi connectivity index (χ1v) is 14.3. The number of rotatable bonds is 1. The minimum atomic E-state index is -0.799. The topological polar surface area (TPSA) is 46.5 Å². The standard InChI is InChI=1S/C31H50O3/c1-19-11-14-27(3)17-18-29(5)21(25(27)20(19)2)9-10-22-28(4)15-13-24(32)31(7,26(33)34-8)23(28)12-16-30(22,29)6/h9,19-20,22-25,32H,10-18H2,1-8H3/t19-,20+,22-,23-,24+,25+,27-,28-,29-,30-,31-/m1/s1. The molecule has 0 spiro atoms. The van der Waals surface area contributed by atoms with E-state index in [0.29, 0.717) is 23.7 Å². The van der Waals surface area contributed by atoms with E-state index in [4.69, 9.17) is 4.74 Å². The van der Waals surface area contributed by atoms with Gasteiger partial charge in [0, 0.05) is 0 Å². The number of allylic oxidation sites excluding steroid dienone is 2. The smallest absolute Gasteiger partial charge is 0.314 e. The highest BCUT2D eigenvalue weighted by Gasteiger charge is 2.69. The lowest BCUT2D eigenvalue weighted by atomic mass is 9.33. The molecular weight excluding hydrogens is 420 g/mol. The number of ether oxygens (including phenoxy) is 1. The predicted octanol–water partition coefficient (Wildman–Crippen LogP) is 7.18. The summed E-state index contributed by atoms with van der Waals surface area (Å²) in [6.45, 7) is 17.3. The van der Waals surface area contributed by atoms with E-state index in [-0.39, 0.29) is 28.1 Å². The third-order valence-corrected chi connectivity index (χ3v) is 13.7. The number of carbonyl (C=O) groups is 1. The molecule has 5 aliphatic carbocycles. The summed E-state index contributed by atoms with van der Waals surface area (Å²) in [5.41, 5.74) is 1.98. The first-order chi connectivity index (χ1) is 15.8. The quantitative estimate of drug-likeness (QED) is 0.326. The Morgan fingerprint density at radius 1 is 0.941 bits per heavy atom. The lowest BCUT2D eigenvalue weighted by Gasteiger charge is -2.71. The van der Waals surface area contributed by atoms with Gasteiger partial charge in [0.1, 0.15) is 0 Å². The molecule has 5 rings (SSSR count). The van der Waals surface area contributed by atoms with E-state index in [1.54, 1.807) is 5.57 Å². The molecule has 34 heavy (non-hydrogen) atoms. The highest BCUT2D eigenvalue weighted by Crippen LogP contribution is 2.75. The van der Waals surface area contributed by atoms with Crippen LogP contribution in [0.4, 0.5) is 0 Å². The minimum Gasteiger partial charge on any atom is -0.469 e. The minimum absolute atomic E-state index is 0.0480. The SMILES string of the molecule is COC(=O)[C@]1(C)[C@@H]2CC[C@]3(C)[C@H](CC=C4[C@@H]5[C@@H](C)[C@H](C)CC[C@]5(C)CC[C@]43C)[C@@]2(C)CC[C@@H]1O. The summed E-state index contributed by atoms with van der Waals surface area (Å²) in [5.74, 6) is 2.79. The molecule has 11 atom stereocenters. The highest BCUT2D eigenvalue weighted by atomic mass is 16.5. The largest absolute Gasteiger partial charge is 0.469 e. The number of hydrogen-bond acceptors (Lipinski definition) is 3. The third kappa shape index (κ3) is 2.83. The summed E-state index contributed by atoms with van der Waals surface area (Å²) in [6.07, 6.45) is 12.5. The van der Waals surface area contributed by atoms with Crippen molar-refractivity contribution in [2.24, 2.45) is 56.7 Å². The molecule has 0 aromatic rings. The molecule has 3 nitrogen and oxygen atoms in total. The number of carbonyl (C=O) groups excluding carboxylic acids is 1. The van der Waals surface area contributed by atoms with Crippen molar-refractivity contribution in [3.05, 3.63) is 11.6 Å². The van der Waals surface area contributed by atoms with Gasteiger partial charge in [-0.25, -0.2) is 0 Å². The zero-order chi connectivity index (χ0) is 24.9. The van der Waals surface area contributed by atoms with E-state index < -0.39 is 11.5 Å².